The standard InChI is InChI=1S/C21H17N3O3S.C19H15ClN2O3S/c22-12-15-6-8-16(9-7-15)18-13-28-21(23-18)24-20(27)17(11-19(25)26)10-14-4-2-1-3-5-14;20-15-9-5-4-8-13(15)16-11-26-19(21-16)22-18(25)14(10-17(23)24)12-6-2-1-3-7-12/h1-9,13,17H,10-11H2,(H,25,26)(H,23,24,27);1-9,11,14H,10H2,(H,23,24)(H,21,22,25)/t17-;14-/m10/s1. The lowest BCUT2D eigenvalue weighted by atomic mass is 9.95. The molecule has 6 rings (SSSR count). The van der Waals surface area contributed by atoms with Crippen molar-refractivity contribution in [3.8, 4) is 28.6 Å². The normalized spacial score (nSPS) is 11.6. The Kier molecular flexibility index (Phi) is 13.8. The van der Waals surface area contributed by atoms with E-state index in [1.54, 1.807) is 65.4 Å². The fourth-order valence-corrected chi connectivity index (χ4v) is 6.96. The lowest BCUT2D eigenvalue weighted by Gasteiger charge is -2.14. The van der Waals surface area contributed by atoms with Crippen LogP contribution in [0.2, 0.25) is 5.02 Å². The monoisotopic (exact) mass is 777 g/mol. The third-order valence-electron chi connectivity index (χ3n) is 7.94. The molecule has 2 atom stereocenters. The first kappa shape index (κ1) is 39.0. The first-order valence-electron chi connectivity index (χ1n) is 16.4. The van der Waals surface area contributed by atoms with Crippen molar-refractivity contribution in [3.05, 3.63) is 142 Å². The van der Waals surface area contributed by atoms with E-state index in [0.29, 0.717) is 44.2 Å². The van der Waals surface area contributed by atoms with Crippen LogP contribution in [0.1, 0.15) is 35.4 Å². The summed E-state index contributed by atoms with van der Waals surface area (Å²) >= 11 is 8.71. The third kappa shape index (κ3) is 11.1. The molecule has 0 aliphatic carbocycles. The van der Waals surface area contributed by atoms with E-state index in [2.05, 4.69) is 26.7 Å². The van der Waals surface area contributed by atoms with Crippen LogP contribution in [0.5, 0.6) is 0 Å². The molecule has 0 saturated carbocycles. The van der Waals surface area contributed by atoms with E-state index in [-0.39, 0.29) is 18.7 Å². The van der Waals surface area contributed by atoms with Gasteiger partial charge in [-0.2, -0.15) is 5.26 Å². The van der Waals surface area contributed by atoms with Crippen molar-refractivity contribution >= 4 is 68.3 Å². The minimum absolute atomic E-state index is 0.255. The van der Waals surface area contributed by atoms with Gasteiger partial charge >= 0.3 is 11.9 Å². The molecule has 272 valence electrons. The number of nitrogens with zero attached hydrogens (tertiary/aromatic N) is 3. The van der Waals surface area contributed by atoms with Crippen molar-refractivity contribution in [2.24, 2.45) is 5.92 Å². The van der Waals surface area contributed by atoms with Crippen LogP contribution in [0.25, 0.3) is 22.5 Å². The quantitative estimate of drug-likeness (QED) is 0.0892. The molecule has 0 radical (unpaired) electrons. The molecular weight excluding hydrogens is 746 g/mol. The van der Waals surface area contributed by atoms with Crippen molar-refractivity contribution < 1.29 is 29.4 Å². The number of amides is 2. The first-order valence-corrected chi connectivity index (χ1v) is 18.5. The summed E-state index contributed by atoms with van der Waals surface area (Å²) in [7, 11) is 0. The number of carboxylic acid groups (broad SMARTS) is 2. The van der Waals surface area contributed by atoms with Gasteiger partial charge in [-0.3, -0.25) is 19.2 Å². The van der Waals surface area contributed by atoms with Gasteiger partial charge in [0.25, 0.3) is 0 Å². The average molecular weight is 778 g/mol. The summed E-state index contributed by atoms with van der Waals surface area (Å²) in [5.41, 5.74) is 5.06. The van der Waals surface area contributed by atoms with Crippen LogP contribution in [-0.4, -0.2) is 43.9 Å². The Labute approximate surface area is 323 Å². The van der Waals surface area contributed by atoms with Gasteiger partial charge in [-0.25, -0.2) is 9.97 Å². The Morgan fingerprint density at radius 3 is 1.87 bits per heavy atom. The first-order chi connectivity index (χ1) is 26.1. The number of nitriles is 1. The molecule has 14 heteroatoms. The number of carbonyl (C=O) groups is 4. The summed E-state index contributed by atoms with van der Waals surface area (Å²) < 4.78 is 0. The molecule has 2 aromatic heterocycles. The smallest absolute Gasteiger partial charge is 0.304 e. The van der Waals surface area contributed by atoms with Crippen molar-refractivity contribution in [2.75, 3.05) is 10.6 Å². The molecular formula is C40H32ClN5O6S2. The van der Waals surface area contributed by atoms with Crippen LogP contribution in [0.15, 0.2) is 120 Å². The molecule has 4 aromatic carbocycles. The van der Waals surface area contributed by atoms with Crippen LogP contribution in [0, 0.1) is 17.2 Å². The van der Waals surface area contributed by atoms with E-state index in [9.17, 15) is 19.2 Å². The van der Waals surface area contributed by atoms with E-state index in [0.717, 1.165) is 16.7 Å². The topological polar surface area (TPSA) is 182 Å². The molecule has 4 N–H and O–H groups in total. The maximum absolute atomic E-state index is 12.6. The van der Waals surface area contributed by atoms with Crippen molar-refractivity contribution in [1.29, 1.82) is 5.26 Å². The molecule has 0 aliphatic rings. The largest absolute Gasteiger partial charge is 0.481 e. The van der Waals surface area contributed by atoms with E-state index in [1.165, 1.54) is 22.7 Å². The second-order valence-electron chi connectivity index (χ2n) is 11.8. The van der Waals surface area contributed by atoms with Gasteiger partial charge in [0.1, 0.15) is 0 Å². The van der Waals surface area contributed by atoms with Crippen molar-refractivity contribution in [2.45, 2.75) is 25.2 Å². The summed E-state index contributed by atoms with van der Waals surface area (Å²) in [4.78, 5) is 56.4. The molecule has 0 fully saturated rings. The fourth-order valence-electron chi connectivity index (χ4n) is 5.29. The summed E-state index contributed by atoms with van der Waals surface area (Å²) in [6.45, 7) is 0. The Morgan fingerprint density at radius 2 is 1.26 bits per heavy atom. The van der Waals surface area contributed by atoms with Gasteiger partial charge < -0.3 is 20.8 Å². The predicted octanol–water partition coefficient (Wildman–Crippen LogP) is 8.61. The highest BCUT2D eigenvalue weighted by atomic mass is 35.5. The second-order valence-corrected chi connectivity index (χ2v) is 13.9. The number of aliphatic carboxylic acids is 2. The van der Waals surface area contributed by atoms with Gasteiger partial charge in [0, 0.05) is 26.9 Å². The zero-order chi connectivity index (χ0) is 38.5. The van der Waals surface area contributed by atoms with Crippen LogP contribution in [-0.2, 0) is 25.6 Å². The Bertz CT molecular complexity index is 2260. The second kappa shape index (κ2) is 19.0. The number of thiazole rings is 2. The SMILES string of the molecule is N#Cc1ccc(-c2csc(NC(=O)[C@@H](CC(=O)O)Cc3ccccc3)n2)cc1.O=C(O)C[C@H](C(=O)Nc1nc(-c2ccccc2Cl)cs1)c1ccccc1. The minimum atomic E-state index is -1.04. The molecule has 0 bridgehead atoms. The highest BCUT2D eigenvalue weighted by molar-refractivity contribution is 7.14. The summed E-state index contributed by atoms with van der Waals surface area (Å²) in [6, 6.07) is 34.5. The lowest BCUT2D eigenvalue weighted by Crippen LogP contribution is -2.27. The van der Waals surface area contributed by atoms with E-state index in [1.807, 2.05) is 54.6 Å². The number of hydrogen-bond acceptors (Lipinski definition) is 9. The Hall–Kier alpha value is -6.20. The number of aromatic nitrogens is 2. The highest BCUT2D eigenvalue weighted by Crippen LogP contribution is 2.31. The lowest BCUT2D eigenvalue weighted by molar-refractivity contribution is -0.140. The number of nitrogens with one attached hydrogen (secondary N) is 2. The average Bonchev–Trinajstić information content (AvgIpc) is 3.84. The van der Waals surface area contributed by atoms with Crippen LogP contribution in [0.4, 0.5) is 10.3 Å². The number of halogens is 1. The van der Waals surface area contributed by atoms with Crippen molar-refractivity contribution in [3.63, 3.8) is 0 Å². The number of hydrogen-bond donors (Lipinski definition) is 4. The van der Waals surface area contributed by atoms with Gasteiger partial charge in [-0.1, -0.05) is 103 Å². The van der Waals surface area contributed by atoms with Gasteiger partial charge in [-0.05, 0) is 35.7 Å². The summed E-state index contributed by atoms with van der Waals surface area (Å²) in [6.07, 6.45) is -0.208. The molecule has 0 unspecified atom stereocenters. The molecule has 2 amide bonds. The number of anilines is 2. The minimum Gasteiger partial charge on any atom is -0.481 e. The fraction of sp³-hybridized carbons (Fsp3) is 0.125. The number of carboxylic acids is 2. The van der Waals surface area contributed by atoms with Gasteiger partial charge in [0.2, 0.25) is 11.8 Å². The van der Waals surface area contributed by atoms with Gasteiger partial charge in [0.05, 0.1) is 47.7 Å². The zero-order valence-corrected chi connectivity index (χ0v) is 30.8. The number of benzene rings is 4. The molecule has 0 saturated heterocycles. The van der Waals surface area contributed by atoms with Crippen molar-refractivity contribution in [1.82, 2.24) is 9.97 Å². The third-order valence-corrected chi connectivity index (χ3v) is 9.79. The maximum atomic E-state index is 12.6. The van der Waals surface area contributed by atoms with Crippen LogP contribution >= 0.6 is 34.3 Å². The molecule has 0 spiro atoms. The highest BCUT2D eigenvalue weighted by Gasteiger charge is 2.25. The summed E-state index contributed by atoms with van der Waals surface area (Å²) in [5.74, 6) is -4.31. The van der Waals surface area contributed by atoms with Gasteiger partial charge in [-0.15, -0.1) is 22.7 Å². The predicted molar refractivity (Wildman–Crippen MR) is 209 cm³/mol. The van der Waals surface area contributed by atoms with Crippen LogP contribution < -0.4 is 10.6 Å². The maximum Gasteiger partial charge on any atom is 0.304 e. The Balaban J connectivity index is 0.000000208. The zero-order valence-electron chi connectivity index (χ0n) is 28.4. The Morgan fingerprint density at radius 1 is 0.704 bits per heavy atom. The molecule has 11 nitrogen and oxygen atoms in total. The molecule has 54 heavy (non-hydrogen) atoms. The number of rotatable bonds is 13. The number of carbonyl (C=O) groups excluding carboxylic acids is 2. The molecule has 0 aliphatic heterocycles. The molecule has 6 aromatic rings. The summed E-state index contributed by atoms with van der Waals surface area (Å²) in [5, 5.41) is 37.6. The van der Waals surface area contributed by atoms with E-state index in [4.69, 9.17) is 27.1 Å². The van der Waals surface area contributed by atoms with Gasteiger partial charge in [0.15, 0.2) is 10.3 Å². The van der Waals surface area contributed by atoms with E-state index < -0.39 is 29.7 Å². The molecule has 2 heterocycles. The van der Waals surface area contributed by atoms with Crippen LogP contribution in [0.3, 0.4) is 0 Å². The van der Waals surface area contributed by atoms with E-state index >= 15 is 0 Å².